The molecule has 2 saturated heterocycles. The van der Waals surface area contributed by atoms with E-state index < -0.39 is 0 Å². The van der Waals surface area contributed by atoms with Crippen molar-refractivity contribution in [3.8, 4) is 0 Å². The van der Waals surface area contributed by atoms with Crippen LogP contribution in [0.3, 0.4) is 0 Å². The average molecular weight is 226 g/mol. The van der Waals surface area contributed by atoms with Gasteiger partial charge in [-0.2, -0.15) is 0 Å². The Balaban J connectivity index is 0.000000606. The zero-order chi connectivity index (χ0) is 11.8. The van der Waals surface area contributed by atoms with E-state index in [4.69, 9.17) is 0 Å². The molecule has 0 saturated carbocycles. The maximum Gasteiger partial charge on any atom is 0.00223 e. The average Bonchev–Trinajstić information content (AvgIpc) is 2.86. The molecule has 16 heavy (non-hydrogen) atoms. The van der Waals surface area contributed by atoms with Crippen molar-refractivity contribution in [2.24, 2.45) is 11.8 Å². The second-order valence-corrected chi connectivity index (χ2v) is 5.01. The van der Waals surface area contributed by atoms with Crippen molar-refractivity contribution >= 4 is 0 Å². The van der Waals surface area contributed by atoms with Gasteiger partial charge < -0.3 is 10.2 Å². The van der Waals surface area contributed by atoms with Crippen molar-refractivity contribution in [1.82, 2.24) is 10.2 Å². The molecule has 1 atom stereocenters. The maximum atomic E-state index is 3.46. The largest absolute Gasteiger partial charge is 0.316 e. The lowest BCUT2D eigenvalue weighted by Crippen LogP contribution is -2.37. The minimum atomic E-state index is 0.938. The number of likely N-dealkylation sites (tertiary alicyclic amines) is 1. The lowest BCUT2D eigenvalue weighted by Gasteiger charge is -2.32. The van der Waals surface area contributed by atoms with Crippen molar-refractivity contribution in [3.63, 3.8) is 0 Å². The standard InChI is InChI=1S/C12H24N2.C2H6/c1-2-11-4-7-14(8-5-11)10-12-3-6-13-9-12;1-2/h11-13H,2-10H2,1H3;1-2H3/t12-;/m1./s1. The predicted octanol–water partition coefficient (Wildman–Crippen LogP) is 2.74. The zero-order valence-corrected chi connectivity index (χ0v) is 11.5. The van der Waals surface area contributed by atoms with Crippen LogP contribution in [0.1, 0.15) is 46.5 Å². The fraction of sp³-hybridized carbons (Fsp3) is 1.00. The van der Waals surface area contributed by atoms with Gasteiger partial charge in [0.2, 0.25) is 0 Å². The Kier molecular flexibility index (Phi) is 7.06. The van der Waals surface area contributed by atoms with Crippen LogP contribution in [0.2, 0.25) is 0 Å². The van der Waals surface area contributed by atoms with Gasteiger partial charge >= 0.3 is 0 Å². The zero-order valence-electron chi connectivity index (χ0n) is 11.5. The molecular formula is C14H30N2. The Bertz CT molecular complexity index is 156. The van der Waals surface area contributed by atoms with Crippen molar-refractivity contribution in [3.05, 3.63) is 0 Å². The summed E-state index contributed by atoms with van der Waals surface area (Å²) in [6.45, 7) is 12.9. The third-order valence-corrected chi connectivity index (χ3v) is 3.96. The van der Waals surface area contributed by atoms with E-state index in [1.807, 2.05) is 13.8 Å². The quantitative estimate of drug-likeness (QED) is 0.796. The van der Waals surface area contributed by atoms with Crippen LogP contribution in [0.4, 0.5) is 0 Å². The van der Waals surface area contributed by atoms with Gasteiger partial charge in [-0.1, -0.05) is 27.2 Å². The molecule has 2 nitrogen and oxygen atoms in total. The van der Waals surface area contributed by atoms with Gasteiger partial charge in [-0.15, -0.1) is 0 Å². The molecule has 96 valence electrons. The highest BCUT2D eigenvalue weighted by atomic mass is 15.1. The highest BCUT2D eigenvalue weighted by molar-refractivity contribution is 4.78. The number of hydrogen-bond donors (Lipinski definition) is 1. The fourth-order valence-corrected chi connectivity index (χ4v) is 2.81. The van der Waals surface area contributed by atoms with E-state index >= 15 is 0 Å². The molecule has 0 aromatic heterocycles. The van der Waals surface area contributed by atoms with E-state index in [1.54, 1.807) is 0 Å². The molecule has 2 aliphatic rings. The third-order valence-electron chi connectivity index (χ3n) is 3.96. The Morgan fingerprint density at radius 3 is 2.25 bits per heavy atom. The molecule has 0 aromatic carbocycles. The number of rotatable bonds is 3. The van der Waals surface area contributed by atoms with Crippen molar-refractivity contribution in [2.45, 2.75) is 46.5 Å². The van der Waals surface area contributed by atoms with Crippen molar-refractivity contribution in [2.75, 3.05) is 32.7 Å². The van der Waals surface area contributed by atoms with Gasteiger partial charge in [-0.25, -0.2) is 0 Å². The van der Waals surface area contributed by atoms with E-state index in [-0.39, 0.29) is 0 Å². The minimum absolute atomic E-state index is 0.938. The van der Waals surface area contributed by atoms with Gasteiger partial charge in [0.15, 0.2) is 0 Å². The molecule has 0 amide bonds. The molecule has 0 aliphatic carbocycles. The van der Waals surface area contributed by atoms with Crippen LogP contribution >= 0.6 is 0 Å². The predicted molar refractivity (Wildman–Crippen MR) is 71.8 cm³/mol. The molecule has 0 aromatic rings. The molecule has 2 fully saturated rings. The molecule has 1 N–H and O–H groups in total. The van der Waals surface area contributed by atoms with E-state index in [1.165, 1.54) is 58.4 Å². The van der Waals surface area contributed by atoms with E-state index in [0.717, 1.165) is 11.8 Å². The van der Waals surface area contributed by atoms with Crippen LogP contribution in [0.25, 0.3) is 0 Å². The smallest absolute Gasteiger partial charge is 0.00223 e. The van der Waals surface area contributed by atoms with Crippen LogP contribution in [0.5, 0.6) is 0 Å². The summed E-state index contributed by atoms with van der Waals surface area (Å²) in [7, 11) is 0. The Morgan fingerprint density at radius 2 is 1.75 bits per heavy atom. The molecule has 0 bridgehead atoms. The molecular weight excluding hydrogens is 196 g/mol. The highest BCUT2D eigenvalue weighted by Gasteiger charge is 2.22. The summed E-state index contributed by atoms with van der Waals surface area (Å²) < 4.78 is 0. The molecule has 2 rings (SSSR count). The first-order valence-electron chi connectivity index (χ1n) is 7.31. The Labute approximate surface area is 102 Å². The van der Waals surface area contributed by atoms with Crippen LogP contribution < -0.4 is 5.32 Å². The number of nitrogens with one attached hydrogen (secondary N) is 1. The first-order valence-corrected chi connectivity index (χ1v) is 7.31. The van der Waals surface area contributed by atoms with Gasteiger partial charge in [-0.3, -0.25) is 0 Å². The lowest BCUT2D eigenvalue weighted by molar-refractivity contribution is 0.162. The van der Waals surface area contributed by atoms with Crippen molar-refractivity contribution < 1.29 is 0 Å². The van der Waals surface area contributed by atoms with E-state index in [0.29, 0.717) is 0 Å². The molecule has 0 unspecified atom stereocenters. The first-order chi connectivity index (χ1) is 7.88. The summed E-state index contributed by atoms with van der Waals surface area (Å²) in [6, 6.07) is 0. The lowest BCUT2D eigenvalue weighted by atomic mass is 9.94. The summed E-state index contributed by atoms with van der Waals surface area (Å²) in [5.74, 6) is 1.96. The fourth-order valence-electron chi connectivity index (χ4n) is 2.81. The van der Waals surface area contributed by atoms with Gasteiger partial charge in [0.05, 0.1) is 0 Å². The topological polar surface area (TPSA) is 15.3 Å². The second kappa shape index (κ2) is 8.08. The molecule has 2 heteroatoms. The van der Waals surface area contributed by atoms with Crippen LogP contribution in [0, 0.1) is 11.8 Å². The van der Waals surface area contributed by atoms with Crippen LogP contribution in [-0.2, 0) is 0 Å². The Hall–Kier alpha value is -0.0800. The highest BCUT2D eigenvalue weighted by Crippen LogP contribution is 2.21. The number of nitrogens with zero attached hydrogens (tertiary/aromatic N) is 1. The SMILES string of the molecule is CC.CCC1CCN(C[C@@H]2CCNC2)CC1. The Morgan fingerprint density at radius 1 is 1.06 bits per heavy atom. The van der Waals surface area contributed by atoms with Crippen LogP contribution in [0.15, 0.2) is 0 Å². The molecule has 2 heterocycles. The van der Waals surface area contributed by atoms with E-state index in [2.05, 4.69) is 17.1 Å². The normalized spacial score (nSPS) is 27.6. The summed E-state index contributed by atoms with van der Waals surface area (Å²) in [6.07, 6.45) is 5.67. The van der Waals surface area contributed by atoms with Gasteiger partial charge in [0.1, 0.15) is 0 Å². The summed E-state index contributed by atoms with van der Waals surface area (Å²) in [4.78, 5) is 2.68. The maximum absolute atomic E-state index is 3.46. The number of hydrogen-bond acceptors (Lipinski definition) is 2. The molecule has 0 radical (unpaired) electrons. The first kappa shape index (κ1) is 14.0. The van der Waals surface area contributed by atoms with Crippen molar-refractivity contribution in [1.29, 1.82) is 0 Å². The van der Waals surface area contributed by atoms with Crippen LogP contribution in [-0.4, -0.2) is 37.6 Å². The van der Waals surface area contributed by atoms with E-state index in [9.17, 15) is 0 Å². The minimum Gasteiger partial charge on any atom is -0.316 e. The summed E-state index contributed by atoms with van der Waals surface area (Å²) in [5.41, 5.74) is 0. The molecule has 0 spiro atoms. The number of piperidine rings is 1. The monoisotopic (exact) mass is 226 g/mol. The van der Waals surface area contributed by atoms with Gasteiger partial charge in [0.25, 0.3) is 0 Å². The second-order valence-electron chi connectivity index (χ2n) is 5.01. The molecule has 2 aliphatic heterocycles. The third kappa shape index (κ3) is 4.42. The summed E-state index contributed by atoms with van der Waals surface area (Å²) >= 11 is 0. The van der Waals surface area contributed by atoms with Gasteiger partial charge in [-0.05, 0) is 57.3 Å². The summed E-state index contributed by atoms with van der Waals surface area (Å²) in [5, 5.41) is 3.46. The van der Waals surface area contributed by atoms with Gasteiger partial charge in [0, 0.05) is 6.54 Å².